The first-order valence-electron chi connectivity index (χ1n) is 18.1. The van der Waals surface area contributed by atoms with E-state index in [2.05, 4.69) is 173 Å². The van der Waals surface area contributed by atoms with E-state index < -0.39 is 0 Å². The molecule has 0 atom stereocenters. The van der Waals surface area contributed by atoms with Gasteiger partial charge in [0, 0.05) is 0 Å². The Morgan fingerprint density at radius 2 is 1.22 bits per heavy atom. The predicted molar refractivity (Wildman–Crippen MR) is 218 cm³/mol. The van der Waals surface area contributed by atoms with E-state index in [1.807, 2.05) is 0 Å². The van der Waals surface area contributed by atoms with Gasteiger partial charge in [-0.25, -0.2) is 0 Å². The van der Waals surface area contributed by atoms with Crippen LogP contribution in [0.3, 0.4) is 0 Å². The second-order valence-electron chi connectivity index (χ2n) is 13.7. The summed E-state index contributed by atoms with van der Waals surface area (Å²) in [7, 11) is 0. The molecule has 0 heteroatoms. The van der Waals surface area contributed by atoms with Crippen LogP contribution in [0.5, 0.6) is 0 Å². The number of allylic oxidation sites excluding steroid dienone is 11. The Morgan fingerprint density at radius 3 is 2.06 bits per heavy atom. The minimum absolute atomic E-state index is 1.02. The number of rotatable bonds is 5. The van der Waals surface area contributed by atoms with E-state index in [1.54, 1.807) is 0 Å². The lowest BCUT2D eigenvalue weighted by atomic mass is 9.74. The molecule has 0 aromatic heterocycles. The van der Waals surface area contributed by atoms with Gasteiger partial charge in [-0.3, -0.25) is 0 Å². The van der Waals surface area contributed by atoms with Crippen LogP contribution in [0.4, 0.5) is 0 Å². The molecule has 0 aliphatic heterocycles. The third kappa shape index (κ3) is 4.59. The Labute approximate surface area is 295 Å². The first-order chi connectivity index (χ1) is 24.7. The molecule has 0 amide bonds. The fraction of sp³-hybridized carbons (Fsp3) is 0.120. The molecule has 3 aliphatic rings. The fourth-order valence-electron chi connectivity index (χ4n) is 8.90. The lowest BCUT2D eigenvalue weighted by Crippen LogP contribution is -2.09. The van der Waals surface area contributed by atoms with Crippen molar-refractivity contribution in [2.45, 2.75) is 40.0 Å². The van der Waals surface area contributed by atoms with Crippen molar-refractivity contribution >= 4 is 38.8 Å². The molecule has 0 radical (unpaired) electrons. The summed E-state index contributed by atoms with van der Waals surface area (Å²) < 4.78 is 0. The normalized spacial score (nSPS) is 15.7. The molecule has 0 fully saturated rings. The lowest BCUT2D eigenvalue weighted by molar-refractivity contribution is 1.00. The minimum Gasteiger partial charge on any atom is -0.0877 e. The molecule has 3 aliphatic carbocycles. The van der Waals surface area contributed by atoms with Crippen LogP contribution in [0.15, 0.2) is 151 Å². The van der Waals surface area contributed by atoms with Crippen LogP contribution in [0.1, 0.15) is 55.4 Å². The van der Waals surface area contributed by atoms with Gasteiger partial charge in [0.25, 0.3) is 0 Å². The van der Waals surface area contributed by atoms with Crippen molar-refractivity contribution < 1.29 is 0 Å². The second-order valence-corrected chi connectivity index (χ2v) is 13.7. The Kier molecular flexibility index (Phi) is 7.47. The zero-order valence-electron chi connectivity index (χ0n) is 29.1. The third-order valence-corrected chi connectivity index (χ3v) is 11.0. The quantitative estimate of drug-likeness (QED) is 0.164. The Hall–Kier alpha value is -5.72. The molecule has 0 N–H and O–H groups in total. The Balaban J connectivity index is 1.33. The van der Waals surface area contributed by atoms with E-state index >= 15 is 0 Å². The van der Waals surface area contributed by atoms with Crippen molar-refractivity contribution in [2.75, 3.05) is 0 Å². The van der Waals surface area contributed by atoms with Gasteiger partial charge >= 0.3 is 0 Å². The minimum atomic E-state index is 1.02. The zero-order chi connectivity index (χ0) is 33.8. The van der Waals surface area contributed by atoms with E-state index in [0.717, 1.165) is 19.3 Å². The average molecular weight is 641 g/mol. The topological polar surface area (TPSA) is 0 Å². The monoisotopic (exact) mass is 640 g/mol. The van der Waals surface area contributed by atoms with Crippen LogP contribution in [-0.2, 0) is 0 Å². The second kappa shape index (κ2) is 12.3. The van der Waals surface area contributed by atoms with Crippen LogP contribution in [-0.4, -0.2) is 0 Å². The molecule has 50 heavy (non-hydrogen) atoms. The molecular formula is C50H40. The van der Waals surface area contributed by atoms with Crippen LogP contribution >= 0.6 is 0 Å². The van der Waals surface area contributed by atoms with E-state index in [1.165, 1.54) is 105 Å². The summed E-state index contributed by atoms with van der Waals surface area (Å²) in [5, 5.41) is 5.24. The van der Waals surface area contributed by atoms with Crippen molar-refractivity contribution in [3.8, 4) is 44.5 Å². The summed E-state index contributed by atoms with van der Waals surface area (Å²) in [5.41, 5.74) is 20.4. The summed E-state index contributed by atoms with van der Waals surface area (Å²) >= 11 is 0. The third-order valence-electron chi connectivity index (χ3n) is 11.0. The number of hydrogen-bond donors (Lipinski definition) is 0. The summed E-state index contributed by atoms with van der Waals surface area (Å²) in [6.45, 7) is 6.60. The van der Waals surface area contributed by atoms with Crippen molar-refractivity contribution in [1.29, 1.82) is 0 Å². The fourth-order valence-corrected chi connectivity index (χ4v) is 8.90. The van der Waals surface area contributed by atoms with Crippen LogP contribution in [0.2, 0.25) is 0 Å². The van der Waals surface area contributed by atoms with Gasteiger partial charge in [-0.2, -0.15) is 0 Å². The molecule has 6 aromatic carbocycles. The molecule has 0 unspecified atom stereocenters. The maximum Gasteiger partial charge on any atom is -0.000763 e. The molecule has 0 nitrogen and oxygen atoms in total. The first-order valence-corrected chi connectivity index (χ1v) is 18.1. The summed E-state index contributed by atoms with van der Waals surface area (Å²) in [5.74, 6) is 0. The molecule has 6 aromatic rings. The highest BCUT2D eigenvalue weighted by Crippen LogP contribution is 2.57. The number of benzene rings is 6. The standard InChI is InChI=1S/C50H40/c1-4-6-7-8-12-23-42-38-22-15-16-24-40(38)47(34-18-10-9-11-19-34)50-44-26-17-25-41-39(28-30-45(48(41)44)49(42)50)36-27-29-43-37-21-14-13-20-35(37)31-33(5-2)46(43)32(36)3/h4-12,15-30H,13-14,31H2,1-3H3/b6-4-,8-7-,23-12+,33-5-. The van der Waals surface area contributed by atoms with Gasteiger partial charge < -0.3 is 0 Å². The molecule has 9 rings (SSSR count). The van der Waals surface area contributed by atoms with Crippen molar-refractivity contribution in [1.82, 2.24) is 0 Å². The maximum atomic E-state index is 2.46. The molecule has 240 valence electrons. The highest BCUT2D eigenvalue weighted by molar-refractivity contribution is 6.26. The van der Waals surface area contributed by atoms with Crippen molar-refractivity contribution in [3.05, 3.63) is 173 Å². The van der Waals surface area contributed by atoms with Gasteiger partial charge in [0.05, 0.1) is 0 Å². The largest absolute Gasteiger partial charge is 0.0877 e. The molecule has 0 heterocycles. The SMILES string of the molecule is C\C=C/C=C\C=C\c1c2c(c(-c3ccccc3)c3ccccc13)-c1cccc3c(-c4ccc5c(c4C)/C(=C\C)CC4=CCCC=C45)ccc-2c13. The van der Waals surface area contributed by atoms with Crippen molar-refractivity contribution in [2.24, 2.45) is 0 Å². The molecule has 0 bridgehead atoms. The molecule has 0 saturated heterocycles. The van der Waals surface area contributed by atoms with Gasteiger partial charge in [0.2, 0.25) is 0 Å². The van der Waals surface area contributed by atoms with Gasteiger partial charge in [0.15, 0.2) is 0 Å². The lowest BCUT2D eigenvalue weighted by Gasteiger charge is -2.29. The van der Waals surface area contributed by atoms with E-state index in [9.17, 15) is 0 Å². The molecule has 0 spiro atoms. The molecule has 0 saturated carbocycles. The van der Waals surface area contributed by atoms with Crippen LogP contribution in [0.25, 0.3) is 83.3 Å². The highest BCUT2D eigenvalue weighted by Gasteiger charge is 2.31. The van der Waals surface area contributed by atoms with Crippen LogP contribution < -0.4 is 0 Å². The van der Waals surface area contributed by atoms with Crippen LogP contribution in [0, 0.1) is 6.92 Å². The zero-order valence-corrected chi connectivity index (χ0v) is 29.1. The predicted octanol–water partition coefficient (Wildman–Crippen LogP) is 14.3. The van der Waals surface area contributed by atoms with Crippen molar-refractivity contribution in [3.63, 3.8) is 0 Å². The van der Waals surface area contributed by atoms with Gasteiger partial charge in [-0.15, -0.1) is 0 Å². The average Bonchev–Trinajstić information content (AvgIpc) is 3.50. The number of fused-ring (bicyclic) bond motifs is 7. The smallest absolute Gasteiger partial charge is 0.000763 e. The summed E-state index contributed by atoms with van der Waals surface area (Å²) in [6, 6.07) is 36.5. The van der Waals surface area contributed by atoms with E-state index in [-0.39, 0.29) is 0 Å². The Morgan fingerprint density at radius 1 is 0.520 bits per heavy atom. The van der Waals surface area contributed by atoms with Gasteiger partial charge in [0.1, 0.15) is 0 Å². The number of hydrogen-bond acceptors (Lipinski definition) is 0. The maximum absolute atomic E-state index is 2.46. The van der Waals surface area contributed by atoms with Gasteiger partial charge in [-0.05, 0) is 145 Å². The first kappa shape index (κ1) is 30.3. The summed E-state index contributed by atoms with van der Waals surface area (Å²) in [4.78, 5) is 0. The van der Waals surface area contributed by atoms with E-state index in [4.69, 9.17) is 0 Å². The highest BCUT2D eigenvalue weighted by atomic mass is 14.3. The summed E-state index contributed by atoms with van der Waals surface area (Å²) in [6.07, 6.45) is 23.4. The molecular weight excluding hydrogens is 601 g/mol. The van der Waals surface area contributed by atoms with Gasteiger partial charge in [-0.1, -0.05) is 152 Å². The Bertz CT molecular complexity index is 2560. The van der Waals surface area contributed by atoms with E-state index in [0.29, 0.717) is 0 Å².